The molecule has 0 saturated carbocycles. The largest absolute Gasteiger partial charge is 0.462 e. The number of carbonyl (C=O) groups is 1. The SMILES string of the molecule is CCOC(=O)c1cnn(-c2cccc(-c3cccc4c3C(OC3c5ccccc5CCN3Cc3ccccn3)CC4)n2)c1C(F)(F)F. The fraction of sp³-hybridized carbons (Fsp3) is 0.278. The third-order valence-corrected chi connectivity index (χ3v) is 8.66. The van der Waals surface area contributed by atoms with Gasteiger partial charge in [0.25, 0.3) is 0 Å². The van der Waals surface area contributed by atoms with Crippen LogP contribution < -0.4 is 0 Å². The van der Waals surface area contributed by atoms with Crippen LogP contribution in [-0.2, 0) is 35.0 Å². The van der Waals surface area contributed by atoms with Crippen LogP contribution in [-0.4, -0.2) is 43.8 Å². The molecule has 0 amide bonds. The molecule has 240 valence electrons. The number of aromatic nitrogens is 4. The van der Waals surface area contributed by atoms with Crippen LogP contribution in [0.15, 0.2) is 91.3 Å². The molecule has 8 nitrogen and oxygen atoms in total. The van der Waals surface area contributed by atoms with E-state index in [9.17, 15) is 18.0 Å². The smallest absolute Gasteiger partial charge is 0.434 e. The molecule has 2 aromatic carbocycles. The minimum absolute atomic E-state index is 0.0647. The van der Waals surface area contributed by atoms with Crippen LogP contribution in [0.2, 0.25) is 0 Å². The summed E-state index contributed by atoms with van der Waals surface area (Å²) in [5.41, 5.74) is 4.77. The number of pyridine rings is 2. The first-order valence-electron chi connectivity index (χ1n) is 15.6. The zero-order valence-corrected chi connectivity index (χ0v) is 25.7. The number of halogens is 3. The van der Waals surface area contributed by atoms with Gasteiger partial charge in [-0.3, -0.25) is 9.88 Å². The highest BCUT2D eigenvalue weighted by Gasteiger charge is 2.41. The lowest BCUT2D eigenvalue weighted by Crippen LogP contribution is -2.37. The number of esters is 1. The Kier molecular flexibility index (Phi) is 8.33. The number of fused-ring (bicyclic) bond motifs is 2. The van der Waals surface area contributed by atoms with Crippen molar-refractivity contribution in [3.63, 3.8) is 0 Å². The molecule has 11 heteroatoms. The summed E-state index contributed by atoms with van der Waals surface area (Å²) < 4.78 is 55.3. The zero-order valence-electron chi connectivity index (χ0n) is 25.7. The Labute approximate surface area is 269 Å². The first-order valence-corrected chi connectivity index (χ1v) is 15.6. The molecule has 1 aliphatic heterocycles. The molecule has 7 rings (SSSR count). The second-order valence-corrected chi connectivity index (χ2v) is 11.6. The van der Waals surface area contributed by atoms with Gasteiger partial charge in [-0.05, 0) is 72.7 Å². The molecule has 0 bridgehead atoms. The van der Waals surface area contributed by atoms with Crippen LogP contribution in [0.1, 0.15) is 69.7 Å². The molecule has 1 aliphatic carbocycles. The molecular weight excluding hydrogens is 607 g/mol. The number of alkyl halides is 3. The highest BCUT2D eigenvalue weighted by molar-refractivity contribution is 5.90. The maximum Gasteiger partial charge on any atom is 0.434 e. The third kappa shape index (κ3) is 6.04. The Morgan fingerprint density at radius 1 is 0.957 bits per heavy atom. The van der Waals surface area contributed by atoms with E-state index in [1.165, 1.54) is 18.6 Å². The zero-order chi connectivity index (χ0) is 32.5. The van der Waals surface area contributed by atoms with Crippen LogP contribution in [0.5, 0.6) is 0 Å². The molecule has 2 atom stereocenters. The first kappa shape index (κ1) is 30.8. The Balaban J connectivity index is 1.25. The fourth-order valence-electron chi connectivity index (χ4n) is 6.60. The number of aryl methyl sites for hydroxylation is 1. The first-order chi connectivity index (χ1) is 22.8. The monoisotopic (exact) mass is 639 g/mol. The third-order valence-electron chi connectivity index (χ3n) is 8.66. The summed E-state index contributed by atoms with van der Waals surface area (Å²) in [5.74, 6) is -1.16. The molecule has 47 heavy (non-hydrogen) atoms. The second kappa shape index (κ2) is 12.7. The van der Waals surface area contributed by atoms with E-state index >= 15 is 0 Å². The van der Waals surface area contributed by atoms with E-state index < -0.39 is 23.4 Å². The normalized spacial score (nSPS) is 17.7. The maximum atomic E-state index is 14.3. The lowest BCUT2D eigenvalue weighted by atomic mass is 9.96. The van der Waals surface area contributed by atoms with Crippen molar-refractivity contribution in [3.8, 4) is 17.1 Å². The quantitative estimate of drug-likeness (QED) is 0.165. The molecule has 0 N–H and O–H groups in total. The summed E-state index contributed by atoms with van der Waals surface area (Å²) in [6, 6.07) is 25.0. The summed E-state index contributed by atoms with van der Waals surface area (Å²) >= 11 is 0. The summed E-state index contributed by atoms with van der Waals surface area (Å²) in [7, 11) is 0. The van der Waals surface area contributed by atoms with E-state index in [2.05, 4.69) is 38.2 Å². The molecule has 0 fully saturated rings. The molecule has 0 spiro atoms. The molecule has 4 heterocycles. The molecule has 0 saturated heterocycles. The van der Waals surface area contributed by atoms with Crippen molar-refractivity contribution in [2.75, 3.05) is 13.2 Å². The fourth-order valence-corrected chi connectivity index (χ4v) is 6.60. The standard InChI is InChI=1S/C36H32F3N5O3/c1-2-46-35(45)28-21-41-44(33(28)36(37,38)39)31-15-8-14-29(42-31)27-13-7-10-24-16-17-30(32(24)27)47-34-26-12-4-3-9-23(26)18-20-43(34)22-25-11-5-6-19-40-25/h3-15,19,21,30,34H,2,16-18,20,22H2,1H3. The van der Waals surface area contributed by atoms with Crippen LogP contribution in [0.4, 0.5) is 13.2 Å². The lowest BCUT2D eigenvalue weighted by Gasteiger charge is -2.38. The van der Waals surface area contributed by atoms with Gasteiger partial charge in [-0.25, -0.2) is 14.5 Å². The van der Waals surface area contributed by atoms with E-state index in [4.69, 9.17) is 9.47 Å². The predicted molar refractivity (Wildman–Crippen MR) is 167 cm³/mol. The Bertz CT molecular complexity index is 1910. The number of nitrogens with zero attached hydrogens (tertiary/aromatic N) is 5. The minimum atomic E-state index is -4.87. The number of carbonyl (C=O) groups excluding carboxylic acids is 1. The van der Waals surface area contributed by atoms with E-state index in [0.717, 1.165) is 60.0 Å². The van der Waals surface area contributed by atoms with Gasteiger partial charge in [0.15, 0.2) is 11.5 Å². The van der Waals surface area contributed by atoms with E-state index in [1.54, 1.807) is 18.3 Å². The van der Waals surface area contributed by atoms with Crippen molar-refractivity contribution in [1.29, 1.82) is 0 Å². The summed E-state index contributed by atoms with van der Waals surface area (Å²) in [6.45, 7) is 2.90. The van der Waals surface area contributed by atoms with Gasteiger partial charge >= 0.3 is 12.1 Å². The number of hydrogen-bond acceptors (Lipinski definition) is 7. The summed E-state index contributed by atoms with van der Waals surface area (Å²) in [6.07, 6.45) is -0.354. The van der Waals surface area contributed by atoms with Crippen LogP contribution in [0.3, 0.4) is 0 Å². The van der Waals surface area contributed by atoms with Gasteiger partial charge in [-0.2, -0.15) is 18.3 Å². The van der Waals surface area contributed by atoms with Gasteiger partial charge in [0.2, 0.25) is 0 Å². The van der Waals surface area contributed by atoms with E-state index in [-0.39, 0.29) is 24.8 Å². The van der Waals surface area contributed by atoms with Crippen LogP contribution in [0.25, 0.3) is 17.1 Å². The van der Waals surface area contributed by atoms with Gasteiger partial charge in [0.1, 0.15) is 11.8 Å². The number of ether oxygens (including phenoxy) is 2. The maximum absolute atomic E-state index is 14.3. The number of hydrogen-bond donors (Lipinski definition) is 0. The van der Waals surface area contributed by atoms with Crippen molar-refractivity contribution in [2.24, 2.45) is 0 Å². The molecule has 0 radical (unpaired) electrons. The van der Waals surface area contributed by atoms with Crippen molar-refractivity contribution in [3.05, 3.63) is 130 Å². The van der Waals surface area contributed by atoms with Crippen LogP contribution >= 0.6 is 0 Å². The lowest BCUT2D eigenvalue weighted by molar-refractivity contribution is -0.143. The average molecular weight is 640 g/mol. The second-order valence-electron chi connectivity index (χ2n) is 11.6. The summed E-state index contributed by atoms with van der Waals surface area (Å²) in [4.78, 5) is 23.9. The molecule has 3 aromatic heterocycles. The molecule has 2 aliphatic rings. The minimum Gasteiger partial charge on any atom is -0.462 e. The Morgan fingerprint density at radius 3 is 2.57 bits per heavy atom. The van der Waals surface area contributed by atoms with E-state index in [0.29, 0.717) is 16.9 Å². The van der Waals surface area contributed by atoms with Crippen molar-refractivity contribution >= 4 is 5.97 Å². The van der Waals surface area contributed by atoms with E-state index in [1.807, 2.05) is 42.5 Å². The number of rotatable bonds is 8. The average Bonchev–Trinajstić information content (AvgIpc) is 3.72. The molecular formula is C36H32F3N5O3. The van der Waals surface area contributed by atoms with Gasteiger partial charge in [-0.1, -0.05) is 54.6 Å². The van der Waals surface area contributed by atoms with Crippen LogP contribution in [0, 0.1) is 0 Å². The summed E-state index contributed by atoms with van der Waals surface area (Å²) in [5, 5.41) is 3.92. The van der Waals surface area contributed by atoms with Gasteiger partial charge < -0.3 is 9.47 Å². The molecule has 2 unspecified atom stereocenters. The number of benzene rings is 2. The molecule has 5 aromatic rings. The van der Waals surface area contributed by atoms with Gasteiger partial charge in [-0.15, -0.1) is 0 Å². The predicted octanol–water partition coefficient (Wildman–Crippen LogP) is 7.29. The van der Waals surface area contributed by atoms with Crippen molar-refractivity contribution in [2.45, 2.75) is 51.2 Å². The Morgan fingerprint density at radius 2 is 1.77 bits per heavy atom. The van der Waals surface area contributed by atoms with Crippen molar-refractivity contribution < 1.29 is 27.4 Å². The van der Waals surface area contributed by atoms with Gasteiger partial charge in [0.05, 0.1) is 30.3 Å². The van der Waals surface area contributed by atoms with Gasteiger partial charge in [0, 0.05) is 24.8 Å². The Hall–Kier alpha value is -4.87. The van der Waals surface area contributed by atoms with Crippen molar-refractivity contribution in [1.82, 2.24) is 24.6 Å². The highest BCUT2D eigenvalue weighted by atomic mass is 19.4. The topological polar surface area (TPSA) is 82.4 Å². The highest BCUT2D eigenvalue weighted by Crippen LogP contribution is 2.45.